The molecule has 0 aliphatic carbocycles. The second kappa shape index (κ2) is 9.39. The molecular formula is C8H13F3N2O6S. The van der Waals surface area contributed by atoms with Crippen LogP contribution in [0.3, 0.4) is 0 Å². The summed E-state index contributed by atoms with van der Waals surface area (Å²) >= 11 is 3.76. The number of carbonyl (C=O) groups is 3. The van der Waals surface area contributed by atoms with Crippen molar-refractivity contribution in [1.82, 2.24) is 5.32 Å². The van der Waals surface area contributed by atoms with Crippen LogP contribution < -0.4 is 11.1 Å². The van der Waals surface area contributed by atoms with Crippen molar-refractivity contribution in [2.24, 2.45) is 5.73 Å². The van der Waals surface area contributed by atoms with Crippen molar-refractivity contribution >= 4 is 30.5 Å². The fourth-order valence-electron chi connectivity index (χ4n) is 0.547. The van der Waals surface area contributed by atoms with Gasteiger partial charge >= 0.3 is 18.1 Å². The maximum Gasteiger partial charge on any atom is 0.490 e. The summed E-state index contributed by atoms with van der Waals surface area (Å²) in [5.74, 6) is -4.59. The molecule has 6 N–H and O–H groups in total. The van der Waals surface area contributed by atoms with E-state index in [2.05, 4.69) is 17.9 Å². The van der Waals surface area contributed by atoms with Crippen molar-refractivity contribution in [3.63, 3.8) is 0 Å². The highest BCUT2D eigenvalue weighted by Crippen LogP contribution is 2.13. The van der Waals surface area contributed by atoms with Crippen LogP contribution in [0, 0.1) is 0 Å². The molecule has 0 heterocycles. The summed E-state index contributed by atoms with van der Waals surface area (Å²) in [5, 5.41) is 26.2. The first kappa shape index (κ1) is 20.8. The van der Waals surface area contributed by atoms with Gasteiger partial charge in [-0.2, -0.15) is 25.8 Å². The Morgan fingerprint density at radius 3 is 1.85 bits per heavy atom. The minimum atomic E-state index is -5.08. The lowest BCUT2D eigenvalue weighted by Gasteiger charge is -2.14. The van der Waals surface area contributed by atoms with Gasteiger partial charge in [-0.25, -0.2) is 9.59 Å². The van der Waals surface area contributed by atoms with Gasteiger partial charge in [0.25, 0.3) is 0 Å². The van der Waals surface area contributed by atoms with E-state index in [-0.39, 0.29) is 5.75 Å². The van der Waals surface area contributed by atoms with Crippen LogP contribution in [0.5, 0.6) is 0 Å². The molecule has 0 radical (unpaired) electrons. The van der Waals surface area contributed by atoms with Gasteiger partial charge in [0.15, 0.2) is 0 Å². The number of amides is 1. The maximum absolute atomic E-state index is 11.0. The number of thiol groups is 1. The Balaban J connectivity index is 0. The first-order chi connectivity index (χ1) is 8.97. The zero-order valence-electron chi connectivity index (χ0n) is 9.79. The van der Waals surface area contributed by atoms with Crippen LogP contribution in [0.15, 0.2) is 0 Å². The van der Waals surface area contributed by atoms with Crippen molar-refractivity contribution in [2.75, 3.05) is 12.4 Å². The number of hydrogen-bond donors (Lipinski definition) is 6. The van der Waals surface area contributed by atoms with Crippen molar-refractivity contribution < 1.29 is 42.9 Å². The Bertz CT molecular complexity index is 352. The van der Waals surface area contributed by atoms with E-state index in [1.54, 1.807) is 0 Å². The second-order valence-corrected chi connectivity index (χ2v) is 3.54. The number of carboxylic acids is 2. The van der Waals surface area contributed by atoms with Crippen molar-refractivity contribution in [3.05, 3.63) is 0 Å². The van der Waals surface area contributed by atoms with Crippen LogP contribution >= 0.6 is 12.6 Å². The molecule has 0 aliphatic rings. The van der Waals surface area contributed by atoms with E-state index in [0.29, 0.717) is 0 Å². The molecule has 12 heteroatoms. The van der Waals surface area contributed by atoms with Crippen LogP contribution in [0.2, 0.25) is 0 Å². The molecule has 0 aliphatic heterocycles. The molecule has 0 saturated heterocycles. The van der Waals surface area contributed by atoms with Crippen LogP contribution in [0.1, 0.15) is 0 Å². The summed E-state index contributed by atoms with van der Waals surface area (Å²) in [7, 11) is 0. The molecule has 1 amide bonds. The summed E-state index contributed by atoms with van der Waals surface area (Å²) in [4.78, 5) is 30.2. The number of aliphatic carboxylic acids is 2. The second-order valence-electron chi connectivity index (χ2n) is 3.17. The zero-order chi connectivity index (χ0) is 16.5. The third-order valence-corrected chi connectivity index (χ3v) is 1.97. The van der Waals surface area contributed by atoms with Crippen LogP contribution in [0.4, 0.5) is 13.2 Å². The van der Waals surface area contributed by atoms with Crippen LogP contribution in [-0.4, -0.2) is 63.8 Å². The number of hydrogen-bond acceptors (Lipinski definition) is 6. The monoisotopic (exact) mass is 322 g/mol. The third kappa shape index (κ3) is 9.41. The summed E-state index contributed by atoms with van der Waals surface area (Å²) in [6, 6.07) is -2.17. The van der Waals surface area contributed by atoms with Gasteiger partial charge in [-0.15, -0.1) is 0 Å². The maximum atomic E-state index is 11.0. The first-order valence-corrected chi connectivity index (χ1v) is 5.41. The smallest absolute Gasteiger partial charge is 0.480 e. The van der Waals surface area contributed by atoms with E-state index >= 15 is 0 Å². The van der Waals surface area contributed by atoms with E-state index in [1.165, 1.54) is 0 Å². The normalized spacial score (nSPS) is 13.5. The predicted octanol–water partition coefficient (Wildman–Crippen LogP) is -1.56. The number of nitrogens with two attached hydrogens (primary N) is 1. The first-order valence-electron chi connectivity index (χ1n) is 4.77. The van der Waals surface area contributed by atoms with Crippen LogP contribution in [-0.2, 0) is 14.4 Å². The molecule has 0 aromatic rings. The average molecular weight is 322 g/mol. The van der Waals surface area contributed by atoms with Crippen molar-refractivity contribution in [1.29, 1.82) is 0 Å². The van der Waals surface area contributed by atoms with E-state index in [9.17, 15) is 22.8 Å². The number of carboxylic acid groups (broad SMARTS) is 2. The fourth-order valence-corrected chi connectivity index (χ4v) is 0.713. The summed E-state index contributed by atoms with van der Waals surface area (Å²) in [6.45, 7) is -0.666. The zero-order valence-corrected chi connectivity index (χ0v) is 10.7. The summed E-state index contributed by atoms with van der Waals surface area (Å²) in [5.41, 5.74) is 5.26. The molecule has 0 rings (SSSR count). The predicted molar refractivity (Wildman–Crippen MR) is 62.2 cm³/mol. The van der Waals surface area contributed by atoms with Gasteiger partial charge in [-0.3, -0.25) is 4.79 Å². The lowest BCUT2D eigenvalue weighted by Crippen LogP contribution is -2.50. The lowest BCUT2D eigenvalue weighted by atomic mass is 10.2. The molecule has 0 fully saturated rings. The molecule has 0 saturated carbocycles. The van der Waals surface area contributed by atoms with Gasteiger partial charge in [0.05, 0.1) is 12.6 Å². The molecule has 2 atom stereocenters. The topological polar surface area (TPSA) is 150 Å². The fraction of sp³-hybridized carbons (Fsp3) is 0.625. The molecule has 0 aromatic carbocycles. The average Bonchev–Trinajstić information content (AvgIpc) is 2.33. The Kier molecular flexibility index (Phi) is 9.75. The van der Waals surface area contributed by atoms with E-state index in [4.69, 9.17) is 25.8 Å². The SMILES string of the molecule is N[C@@H](CS)C(=O)N[C@@H](CO)C(=O)O.O=C(O)C(F)(F)F. The standard InChI is InChI=1S/C6H12N2O4S.C2HF3O2/c7-3(2-13)5(10)8-4(1-9)6(11)12;3-2(4,5)1(6)7/h3-4,9,13H,1-2,7H2,(H,8,10)(H,11,12);(H,6,7)/t3-,4-;/m0./s1. The molecular weight excluding hydrogens is 309 g/mol. The molecule has 8 nitrogen and oxygen atoms in total. The molecule has 0 bridgehead atoms. The number of nitrogens with one attached hydrogen (secondary N) is 1. The molecule has 20 heavy (non-hydrogen) atoms. The van der Waals surface area contributed by atoms with E-state index < -0.39 is 42.7 Å². The van der Waals surface area contributed by atoms with Gasteiger partial charge < -0.3 is 26.4 Å². The quantitative estimate of drug-likeness (QED) is 0.335. The largest absolute Gasteiger partial charge is 0.490 e. The highest BCUT2D eigenvalue weighted by molar-refractivity contribution is 7.80. The van der Waals surface area contributed by atoms with Gasteiger partial charge in [-0.05, 0) is 0 Å². The summed E-state index contributed by atoms with van der Waals surface area (Å²) < 4.78 is 31.7. The molecule has 118 valence electrons. The number of rotatable bonds is 5. The third-order valence-electron chi connectivity index (χ3n) is 1.57. The van der Waals surface area contributed by atoms with Crippen LogP contribution in [0.25, 0.3) is 0 Å². The molecule has 0 aromatic heterocycles. The van der Waals surface area contributed by atoms with Gasteiger partial charge in [0.2, 0.25) is 5.91 Å². The Morgan fingerprint density at radius 2 is 1.65 bits per heavy atom. The Labute approximate surface area is 116 Å². The van der Waals surface area contributed by atoms with Gasteiger partial charge in [0.1, 0.15) is 6.04 Å². The van der Waals surface area contributed by atoms with Gasteiger partial charge in [-0.1, -0.05) is 0 Å². The Hall–Kier alpha value is -1.53. The number of carbonyl (C=O) groups excluding carboxylic acids is 1. The number of aliphatic hydroxyl groups excluding tert-OH is 1. The number of aliphatic hydroxyl groups is 1. The highest BCUT2D eigenvalue weighted by Gasteiger charge is 2.38. The minimum absolute atomic E-state index is 0.115. The lowest BCUT2D eigenvalue weighted by molar-refractivity contribution is -0.192. The summed E-state index contributed by atoms with van der Waals surface area (Å²) in [6.07, 6.45) is -5.08. The molecule has 0 spiro atoms. The number of alkyl halides is 3. The number of halogens is 3. The molecule has 0 unspecified atom stereocenters. The van der Waals surface area contributed by atoms with Crippen molar-refractivity contribution in [2.45, 2.75) is 18.3 Å². The Morgan fingerprint density at radius 1 is 1.25 bits per heavy atom. The van der Waals surface area contributed by atoms with Crippen molar-refractivity contribution in [3.8, 4) is 0 Å². The van der Waals surface area contributed by atoms with Gasteiger partial charge in [0, 0.05) is 5.75 Å². The van der Waals surface area contributed by atoms with E-state index in [1.807, 2.05) is 0 Å². The van der Waals surface area contributed by atoms with E-state index in [0.717, 1.165) is 0 Å². The highest BCUT2D eigenvalue weighted by atomic mass is 32.1. The minimum Gasteiger partial charge on any atom is -0.480 e.